The standard InChI is InChI=1S/C22H28N2O6S/c1-21(20(26)23-27,31(3,28)29)12-14-24-13-9-17(15-19(24)25)16-5-7-18(8-6-16)22(30-2)10-4-11-22/h5-9,13,15,27H,4,10-12,14H2,1-3H3,(H,23,26). The molecule has 1 fully saturated rings. The maximum absolute atomic E-state index is 12.6. The van der Waals surface area contributed by atoms with E-state index in [2.05, 4.69) is 0 Å². The molecule has 2 aromatic rings. The minimum absolute atomic E-state index is 0.00536. The van der Waals surface area contributed by atoms with Crippen LogP contribution in [0.2, 0.25) is 0 Å². The van der Waals surface area contributed by atoms with Crippen LogP contribution < -0.4 is 11.0 Å². The van der Waals surface area contributed by atoms with Gasteiger partial charge in [0, 0.05) is 32.2 Å². The van der Waals surface area contributed by atoms with Crippen molar-refractivity contribution in [2.45, 2.75) is 49.5 Å². The fraction of sp³-hybridized carbons (Fsp3) is 0.455. The highest BCUT2D eigenvalue weighted by Gasteiger charge is 2.43. The number of nitrogens with one attached hydrogen (secondary N) is 1. The van der Waals surface area contributed by atoms with Crippen LogP contribution in [0.5, 0.6) is 0 Å². The zero-order valence-corrected chi connectivity index (χ0v) is 18.7. The smallest absolute Gasteiger partial charge is 0.264 e. The molecule has 3 rings (SSSR count). The normalized spacial score (nSPS) is 17.4. The highest BCUT2D eigenvalue weighted by molar-refractivity contribution is 7.92. The second kappa shape index (κ2) is 8.57. The second-order valence-corrected chi connectivity index (χ2v) is 10.7. The number of pyridine rings is 1. The number of aryl methyl sites for hydroxylation is 1. The van der Waals surface area contributed by atoms with E-state index in [-0.39, 0.29) is 24.1 Å². The van der Waals surface area contributed by atoms with Crippen molar-refractivity contribution in [2.24, 2.45) is 0 Å². The third-order valence-corrected chi connectivity index (χ3v) is 8.55. The van der Waals surface area contributed by atoms with Gasteiger partial charge in [0.05, 0.1) is 5.60 Å². The number of ether oxygens (including phenoxy) is 1. The molecule has 1 saturated carbocycles. The first-order chi connectivity index (χ1) is 14.6. The van der Waals surface area contributed by atoms with Gasteiger partial charge < -0.3 is 9.30 Å². The molecule has 0 bridgehead atoms. The van der Waals surface area contributed by atoms with E-state index < -0.39 is 20.5 Å². The van der Waals surface area contributed by atoms with E-state index in [1.54, 1.807) is 19.4 Å². The number of carbonyl (C=O) groups is 1. The van der Waals surface area contributed by atoms with Gasteiger partial charge >= 0.3 is 0 Å². The molecule has 1 aliphatic rings. The Balaban J connectivity index is 1.79. The fourth-order valence-corrected chi connectivity index (χ4v) is 4.71. The molecule has 8 nitrogen and oxygen atoms in total. The zero-order chi connectivity index (χ0) is 22.9. The molecule has 1 amide bonds. The van der Waals surface area contributed by atoms with Crippen molar-refractivity contribution in [3.05, 3.63) is 58.5 Å². The van der Waals surface area contributed by atoms with Crippen LogP contribution >= 0.6 is 0 Å². The Morgan fingerprint density at radius 3 is 2.32 bits per heavy atom. The number of benzene rings is 1. The number of methoxy groups -OCH3 is 1. The summed E-state index contributed by atoms with van der Waals surface area (Å²) in [7, 11) is -2.10. The first-order valence-corrected chi connectivity index (χ1v) is 12.0. The minimum Gasteiger partial charge on any atom is -0.374 e. The Labute approximate surface area is 181 Å². The first-order valence-electron chi connectivity index (χ1n) is 10.1. The van der Waals surface area contributed by atoms with Crippen LogP contribution in [-0.4, -0.2) is 42.2 Å². The van der Waals surface area contributed by atoms with Crippen molar-refractivity contribution in [1.82, 2.24) is 10.0 Å². The van der Waals surface area contributed by atoms with Gasteiger partial charge in [-0.2, -0.15) is 0 Å². The predicted octanol–water partition coefficient (Wildman–Crippen LogP) is 2.24. The molecule has 0 radical (unpaired) electrons. The number of carbonyl (C=O) groups excluding carboxylic acids is 1. The SMILES string of the molecule is COC1(c2ccc(-c3ccn(CCC(C)(C(=O)NO)S(C)(=O)=O)c(=O)c3)cc2)CCC1. The maximum atomic E-state index is 12.6. The lowest BCUT2D eigenvalue weighted by molar-refractivity contribution is -0.131. The first kappa shape index (κ1) is 23.2. The second-order valence-electron chi connectivity index (χ2n) is 8.27. The van der Waals surface area contributed by atoms with Gasteiger partial charge in [-0.1, -0.05) is 24.3 Å². The monoisotopic (exact) mass is 448 g/mol. The van der Waals surface area contributed by atoms with Crippen molar-refractivity contribution < 1.29 is 23.2 Å². The van der Waals surface area contributed by atoms with Gasteiger partial charge in [0.15, 0.2) is 14.6 Å². The molecule has 1 atom stereocenters. The van der Waals surface area contributed by atoms with Gasteiger partial charge in [0.25, 0.3) is 11.5 Å². The Kier molecular flexibility index (Phi) is 6.40. The molecule has 168 valence electrons. The van der Waals surface area contributed by atoms with Crippen molar-refractivity contribution in [3.63, 3.8) is 0 Å². The number of hydrogen-bond donors (Lipinski definition) is 2. The molecule has 1 heterocycles. The van der Waals surface area contributed by atoms with Crippen molar-refractivity contribution in [3.8, 4) is 11.1 Å². The van der Waals surface area contributed by atoms with Gasteiger partial charge in [0.2, 0.25) is 0 Å². The molecule has 0 aliphatic heterocycles. The molecular formula is C22H28N2O6S. The van der Waals surface area contributed by atoms with Gasteiger partial charge in [-0.05, 0) is 55.4 Å². The number of amides is 1. The van der Waals surface area contributed by atoms with Crippen LogP contribution in [-0.2, 0) is 31.5 Å². The van der Waals surface area contributed by atoms with Gasteiger partial charge in [0.1, 0.15) is 0 Å². The third kappa shape index (κ3) is 4.30. The molecule has 1 aliphatic carbocycles. The van der Waals surface area contributed by atoms with Crippen molar-refractivity contribution in [1.29, 1.82) is 0 Å². The Morgan fingerprint density at radius 2 is 1.87 bits per heavy atom. The Hall–Kier alpha value is -2.49. The summed E-state index contributed by atoms with van der Waals surface area (Å²) in [5, 5.41) is 8.91. The van der Waals surface area contributed by atoms with E-state index in [1.165, 1.54) is 23.0 Å². The van der Waals surface area contributed by atoms with Crippen molar-refractivity contribution >= 4 is 15.7 Å². The summed E-state index contributed by atoms with van der Waals surface area (Å²) in [6.07, 6.45) is 5.49. The summed E-state index contributed by atoms with van der Waals surface area (Å²) >= 11 is 0. The molecule has 31 heavy (non-hydrogen) atoms. The van der Waals surface area contributed by atoms with Gasteiger partial charge in [-0.25, -0.2) is 13.9 Å². The summed E-state index contributed by atoms with van der Waals surface area (Å²) in [6.45, 7) is 1.23. The lowest BCUT2D eigenvalue weighted by atomic mass is 9.74. The average Bonchev–Trinajstić information content (AvgIpc) is 2.71. The molecule has 9 heteroatoms. The van der Waals surface area contributed by atoms with Crippen LogP contribution in [0, 0.1) is 0 Å². The summed E-state index contributed by atoms with van der Waals surface area (Å²) < 4.78 is 29.4. The number of aromatic nitrogens is 1. The lowest BCUT2D eigenvalue weighted by Gasteiger charge is -2.41. The van der Waals surface area contributed by atoms with Crippen molar-refractivity contribution in [2.75, 3.05) is 13.4 Å². The maximum Gasteiger partial charge on any atom is 0.264 e. The lowest BCUT2D eigenvalue weighted by Crippen LogP contribution is -2.49. The number of rotatable bonds is 8. The van der Waals surface area contributed by atoms with E-state index in [9.17, 15) is 18.0 Å². The molecule has 1 unspecified atom stereocenters. The molecule has 1 aromatic heterocycles. The van der Waals surface area contributed by atoms with E-state index in [0.29, 0.717) is 0 Å². The zero-order valence-electron chi connectivity index (χ0n) is 17.9. The molecular weight excluding hydrogens is 420 g/mol. The molecule has 2 N–H and O–H groups in total. The Morgan fingerprint density at radius 1 is 1.23 bits per heavy atom. The van der Waals surface area contributed by atoms with E-state index in [0.717, 1.165) is 42.2 Å². The minimum atomic E-state index is -3.82. The fourth-order valence-electron chi connectivity index (χ4n) is 3.87. The number of hydrogen-bond acceptors (Lipinski definition) is 6. The largest absolute Gasteiger partial charge is 0.374 e. The van der Waals surface area contributed by atoms with Gasteiger partial charge in [-0.15, -0.1) is 0 Å². The third-order valence-electron chi connectivity index (χ3n) is 6.52. The van der Waals surface area contributed by atoms with Crippen LogP contribution in [0.25, 0.3) is 11.1 Å². The molecule has 0 saturated heterocycles. The van der Waals surface area contributed by atoms with Gasteiger partial charge in [-0.3, -0.25) is 14.8 Å². The summed E-state index contributed by atoms with van der Waals surface area (Å²) in [5.74, 6) is -1.03. The number of sulfone groups is 1. The van der Waals surface area contributed by atoms with Crippen LogP contribution in [0.15, 0.2) is 47.4 Å². The molecule has 1 aromatic carbocycles. The topological polar surface area (TPSA) is 115 Å². The molecule has 0 spiro atoms. The average molecular weight is 449 g/mol. The quantitative estimate of drug-likeness (QED) is 0.473. The van der Waals surface area contributed by atoms with E-state index in [1.807, 2.05) is 24.3 Å². The van der Waals surface area contributed by atoms with E-state index in [4.69, 9.17) is 9.94 Å². The summed E-state index contributed by atoms with van der Waals surface area (Å²) in [6, 6.07) is 11.2. The highest BCUT2D eigenvalue weighted by Crippen LogP contribution is 2.44. The number of hydroxylamine groups is 1. The summed E-state index contributed by atoms with van der Waals surface area (Å²) in [4.78, 5) is 24.5. The predicted molar refractivity (Wildman–Crippen MR) is 116 cm³/mol. The Bertz CT molecular complexity index is 1110. The van der Waals surface area contributed by atoms with E-state index >= 15 is 0 Å². The summed E-state index contributed by atoms with van der Waals surface area (Å²) in [5.41, 5.74) is 3.65. The van der Waals surface area contributed by atoms with Crippen LogP contribution in [0.3, 0.4) is 0 Å². The number of nitrogens with zero attached hydrogens (tertiary/aromatic N) is 1. The highest BCUT2D eigenvalue weighted by atomic mass is 32.2. The van der Waals surface area contributed by atoms with Crippen LogP contribution in [0.1, 0.15) is 38.2 Å². The van der Waals surface area contributed by atoms with Crippen LogP contribution in [0.4, 0.5) is 0 Å².